The molecule has 0 unspecified atom stereocenters. The molecule has 5 heteroatoms. The van der Waals surface area contributed by atoms with Crippen molar-refractivity contribution < 1.29 is 24.5 Å². The fourth-order valence-electron chi connectivity index (χ4n) is 1.73. The molecule has 0 saturated heterocycles. The number of aliphatic carboxylic acids is 2. The van der Waals surface area contributed by atoms with Gasteiger partial charge in [-0.15, -0.1) is 0 Å². The molecule has 0 aromatic heterocycles. The minimum absolute atomic E-state index is 0.234. The minimum atomic E-state index is -1.05. The third-order valence-electron chi connectivity index (χ3n) is 2.49. The number of ether oxygens (including phenoxy) is 1. The van der Waals surface area contributed by atoms with Gasteiger partial charge in [-0.05, 0) is 12.8 Å². The molecular weight excluding hydrogens is 176 g/mol. The Morgan fingerprint density at radius 1 is 1.15 bits per heavy atom. The van der Waals surface area contributed by atoms with Gasteiger partial charge in [-0.2, -0.15) is 0 Å². The summed E-state index contributed by atoms with van der Waals surface area (Å²) >= 11 is 0. The highest BCUT2D eigenvalue weighted by Crippen LogP contribution is 2.33. The maximum absolute atomic E-state index is 10.7. The first-order valence-electron chi connectivity index (χ1n) is 4.04. The summed E-state index contributed by atoms with van der Waals surface area (Å²) < 4.78 is 4.95. The Bertz CT molecular complexity index is 203. The van der Waals surface area contributed by atoms with Crippen molar-refractivity contribution in [1.82, 2.24) is 0 Å². The number of rotatable bonds is 3. The smallest absolute Gasteiger partial charge is 0.307 e. The van der Waals surface area contributed by atoms with Gasteiger partial charge in [-0.3, -0.25) is 9.59 Å². The Hall–Kier alpha value is -1.10. The van der Waals surface area contributed by atoms with Gasteiger partial charge in [0.15, 0.2) is 0 Å². The molecule has 0 aliphatic heterocycles. The summed E-state index contributed by atoms with van der Waals surface area (Å²) in [6.45, 7) is 0. The van der Waals surface area contributed by atoms with Gasteiger partial charge in [-0.25, -0.2) is 0 Å². The lowest BCUT2D eigenvalue weighted by molar-refractivity contribution is -0.152. The maximum Gasteiger partial charge on any atom is 0.307 e. The largest absolute Gasteiger partial charge is 0.481 e. The third kappa shape index (κ3) is 1.98. The molecule has 1 fully saturated rings. The van der Waals surface area contributed by atoms with Crippen LogP contribution in [0.15, 0.2) is 0 Å². The van der Waals surface area contributed by atoms with Gasteiger partial charge in [0, 0.05) is 7.11 Å². The molecule has 0 bridgehead atoms. The Morgan fingerprint density at radius 2 is 1.54 bits per heavy atom. The SMILES string of the molecule is COC1C[C@H](C(=O)O)[C@@H](C(=O)O)C1. The topological polar surface area (TPSA) is 83.8 Å². The van der Waals surface area contributed by atoms with E-state index in [-0.39, 0.29) is 6.10 Å². The Morgan fingerprint density at radius 3 is 1.77 bits per heavy atom. The highest BCUT2D eigenvalue weighted by Gasteiger charge is 2.43. The second-order valence-electron chi connectivity index (χ2n) is 3.22. The van der Waals surface area contributed by atoms with E-state index >= 15 is 0 Å². The monoisotopic (exact) mass is 188 g/mol. The highest BCUT2D eigenvalue weighted by molar-refractivity contribution is 5.80. The predicted molar refractivity (Wildman–Crippen MR) is 42.3 cm³/mol. The van der Waals surface area contributed by atoms with E-state index in [9.17, 15) is 9.59 Å². The molecule has 0 amide bonds. The van der Waals surface area contributed by atoms with Crippen molar-refractivity contribution in [2.75, 3.05) is 7.11 Å². The molecule has 0 aromatic carbocycles. The van der Waals surface area contributed by atoms with E-state index in [1.165, 1.54) is 7.11 Å². The summed E-state index contributed by atoms with van der Waals surface area (Å²) in [6.07, 6.45) is 0.355. The zero-order chi connectivity index (χ0) is 10.0. The van der Waals surface area contributed by atoms with Crippen molar-refractivity contribution in [3.05, 3.63) is 0 Å². The normalized spacial score (nSPS) is 29.0. The zero-order valence-electron chi connectivity index (χ0n) is 7.27. The molecule has 13 heavy (non-hydrogen) atoms. The summed E-state index contributed by atoms with van der Waals surface area (Å²) in [4.78, 5) is 21.3. The summed E-state index contributed by atoms with van der Waals surface area (Å²) in [5, 5.41) is 17.5. The molecule has 74 valence electrons. The van der Waals surface area contributed by atoms with E-state index in [1.54, 1.807) is 0 Å². The van der Waals surface area contributed by atoms with E-state index in [1.807, 2.05) is 0 Å². The van der Waals surface area contributed by atoms with Crippen LogP contribution in [0.4, 0.5) is 0 Å². The first-order valence-corrected chi connectivity index (χ1v) is 4.04. The second kappa shape index (κ2) is 3.74. The van der Waals surface area contributed by atoms with Gasteiger partial charge >= 0.3 is 11.9 Å². The Labute approximate surface area is 75.3 Å². The molecule has 0 radical (unpaired) electrons. The summed E-state index contributed by atoms with van der Waals surface area (Å²) in [7, 11) is 1.47. The van der Waals surface area contributed by atoms with Crippen LogP contribution in [0.3, 0.4) is 0 Å². The van der Waals surface area contributed by atoms with E-state index in [2.05, 4.69) is 0 Å². The van der Waals surface area contributed by atoms with E-state index in [0.29, 0.717) is 12.8 Å². The van der Waals surface area contributed by atoms with Crippen molar-refractivity contribution in [2.24, 2.45) is 11.8 Å². The summed E-state index contributed by atoms with van der Waals surface area (Å²) in [5.41, 5.74) is 0. The fraction of sp³-hybridized carbons (Fsp3) is 0.750. The van der Waals surface area contributed by atoms with Crippen LogP contribution in [0.1, 0.15) is 12.8 Å². The average Bonchev–Trinajstić information content (AvgIpc) is 2.47. The number of hydrogen-bond donors (Lipinski definition) is 2. The van der Waals surface area contributed by atoms with Crippen LogP contribution in [-0.4, -0.2) is 35.4 Å². The van der Waals surface area contributed by atoms with Crippen molar-refractivity contribution in [3.63, 3.8) is 0 Å². The van der Waals surface area contributed by atoms with Crippen LogP contribution in [0.25, 0.3) is 0 Å². The highest BCUT2D eigenvalue weighted by atomic mass is 16.5. The van der Waals surface area contributed by atoms with Crippen LogP contribution in [0, 0.1) is 11.8 Å². The van der Waals surface area contributed by atoms with Crippen molar-refractivity contribution in [3.8, 4) is 0 Å². The van der Waals surface area contributed by atoms with E-state index < -0.39 is 23.8 Å². The lowest BCUT2D eigenvalue weighted by Gasteiger charge is -2.08. The lowest BCUT2D eigenvalue weighted by Crippen LogP contribution is -2.24. The molecule has 1 rings (SSSR count). The standard InChI is InChI=1S/C8H12O5/c1-13-4-2-5(7(9)10)6(3-4)8(11)12/h4-6H,2-3H2,1H3,(H,9,10)(H,11,12)/t5-,6-/m0/s1. The molecule has 0 heterocycles. The average molecular weight is 188 g/mol. The van der Waals surface area contributed by atoms with Crippen molar-refractivity contribution >= 4 is 11.9 Å². The molecule has 0 spiro atoms. The van der Waals surface area contributed by atoms with Crippen LogP contribution >= 0.6 is 0 Å². The number of methoxy groups -OCH3 is 1. The predicted octanol–water partition coefficient (Wildman–Crippen LogP) is 0.197. The minimum Gasteiger partial charge on any atom is -0.481 e. The molecule has 1 aliphatic carbocycles. The first kappa shape index (κ1) is 9.98. The summed E-state index contributed by atoms with van der Waals surface area (Å²) in [6, 6.07) is 0. The molecular formula is C8H12O5. The number of carboxylic acids is 2. The van der Waals surface area contributed by atoms with Crippen LogP contribution in [-0.2, 0) is 14.3 Å². The fourth-order valence-corrected chi connectivity index (χ4v) is 1.73. The number of carbonyl (C=O) groups is 2. The van der Waals surface area contributed by atoms with Crippen molar-refractivity contribution in [2.45, 2.75) is 18.9 Å². The van der Waals surface area contributed by atoms with Crippen LogP contribution in [0.2, 0.25) is 0 Å². The quantitative estimate of drug-likeness (QED) is 0.660. The first-order chi connectivity index (χ1) is 6.06. The lowest BCUT2D eigenvalue weighted by atomic mass is 9.97. The maximum atomic E-state index is 10.7. The van der Waals surface area contributed by atoms with Gasteiger partial charge in [0.1, 0.15) is 0 Å². The second-order valence-corrected chi connectivity index (χ2v) is 3.22. The van der Waals surface area contributed by atoms with Crippen LogP contribution in [0.5, 0.6) is 0 Å². The molecule has 0 aromatic rings. The van der Waals surface area contributed by atoms with Crippen LogP contribution < -0.4 is 0 Å². The third-order valence-corrected chi connectivity index (χ3v) is 2.49. The molecule has 1 saturated carbocycles. The van der Waals surface area contributed by atoms with Gasteiger partial charge in [0.2, 0.25) is 0 Å². The molecule has 2 atom stereocenters. The molecule has 5 nitrogen and oxygen atoms in total. The van der Waals surface area contributed by atoms with Gasteiger partial charge in [0.25, 0.3) is 0 Å². The molecule has 1 aliphatic rings. The van der Waals surface area contributed by atoms with Gasteiger partial charge in [0.05, 0.1) is 17.9 Å². The summed E-state index contributed by atoms with van der Waals surface area (Å²) in [5.74, 6) is -3.70. The zero-order valence-corrected chi connectivity index (χ0v) is 7.27. The number of carboxylic acid groups (broad SMARTS) is 2. The number of hydrogen-bond acceptors (Lipinski definition) is 3. The molecule has 2 N–H and O–H groups in total. The Kier molecular flexibility index (Phi) is 2.87. The Balaban J connectivity index is 2.71. The van der Waals surface area contributed by atoms with E-state index in [4.69, 9.17) is 14.9 Å². The van der Waals surface area contributed by atoms with Gasteiger partial charge in [-0.1, -0.05) is 0 Å². The van der Waals surface area contributed by atoms with E-state index in [0.717, 1.165) is 0 Å². The van der Waals surface area contributed by atoms with Gasteiger partial charge < -0.3 is 14.9 Å². The van der Waals surface area contributed by atoms with Crippen molar-refractivity contribution in [1.29, 1.82) is 0 Å².